The van der Waals surface area contributed by atoms with E-state index in [1.165, 1.54) is 11.3 Å². The molecule has 20 heavy (non-hydrogen) atoms. The summed E-state index contributed by atoms with van der Waals surface area (Å²) in [6, 6.07) is 4.21. The summed E-state index contributed by atoms with van der Waals surface area (Å²) in [4.78, 5) is 18.1. The molecule has 0 saturated carbocycles. The number of likely N-dealkylation sites (N-methyl/N-ethyl adjacent to an activating group) is 1. The second kappa shape index (κ2) is 7.23. The van der Waals surface area contributed by atoms with Gasteiger partial charge in [-0.15, -0.1) is 11.3 Å². The molecule has 0 radical (unpaired) electrons. The van der Waals surface area contributed by atoms with Crippen molar-refractivity contribution in [3.8, 4) is 0 Å². The Morgan fingerprint density at radius 2 is 2.10 bits per heavy atom. The van der Waals surface area contributed by atoms with Gasteiger partial charge >= 0.3 is 0 Å². The molecular formula is C16H26N2OS. The Balaban J connectivity index is 1.88. The van der Waals surface area contributed by atoms with E-state index in [0.717, 1.165) is 26.2 Å². The predicted octanol–water partition coefficient (Wildman–Crippen LogP) is 3.07. The molecule has 3 nitrogen and oxygen atoms in total. The Hall–Kier alpha value is -0.870. The Morgan fingerprint density at radius 1 is 1.40 bits per heavy atom. The number of nitrogens with zero attached hydrogens (tertiary/aromatic N) is 2. The fourth-order valence-corrected chi connectivity index (χ4v) is 3.81. The molecule has 0 aliphatic carbocycles. The molecule has 2 rings (SSSR count). The van der Waals surface area contributed by atoms with Crippen molar-refractivity contribution in [3.05, 3.63) is 22.4 Å². The van der Waals surface area contributed by atoms with Crippen molar-refractivity contribution >= 4 is 17.2 Å². The van der Waals surface area contributed by atoms with Crippen LogP contribution in [0.5, 0.6) is 0 Å². The van der Waals surface area contributed by atoms with Crippen LogP contribution in [0.1, 0.15) is 32.1 Å². The van der Waals surface area contributed by atoms with Crippen LogP contribution in [0.25, 0.3) is 0 Å². The summed E-state index contributed by atoms with van der Waals surface area (Å²) in [5.74, 6) is 1.56. The number of thiophene rings is 1. The van der Waals surface area contributed by atoms with Gasteiger partial charge in [0.2, 0.25) is 5.91 Å². The van der Waals surface area contributed by atoms with Crippen LogP contribution < -0.4 is 0 Å². The van der Waals surface area contributed by atoms with E-state index in [-0.39, 0.29) is 0 Å². The fraction of sp³-hybridized carbons (Fsp3) is 0.688. The summed E-state index contributed by atoms with van der Waals surface area (Å²) in [6.07, 6.45) is 1.25. The zero-order valence-electron chi connectivity index (χ0n) is 12.8. The maximum atomic E-state index is 12.5. The van der Waals surface area contributed by atoms with Gasteiger partial charge in [0.05, 0.1) is 6.54 Å². The molecule has 2 heterocycles. The van der Waals surface area contributed by atoms with Crippen LogP contribution >= 0.6 is 11.3 Å². The first kappa shape index (κ1) is 15.5. The van der Waals surface area contributed by atoms with Gasteiger partial charge in [0.1, 0.15) is 0 Å². The van der Waals surface area contributed by atoms with Crippen LogP contribution in [0.4, 0.5) is 0 Å². The minimum atomic E-state index is 0.293. The molecule has 1 aromatic heterocycles. The zero-order chi connectivity index (χ0) is 14.5. The van der Waals surface area contributed by atoms with E-state index >= 15 is 0 Å². The van der Waals surface area contributed by atoms with Crippen molar-refractivity contribution in [2.24, 2.45) is 11.8 Å². The van der Waals surface area contributed by atoms with Gasteiger partial charge in [-0.2, -0.15) is 0 Å². The standard InChI is InChI=1S/C16H26N2OS/c1-4-17(11-15-6-5-7-20-15)12-16(19)18-9-13(2)8-14(3)10-18/h5-7,13-14H,4,8-12H2,1-3H3. The lowest BCUT2D eigenvalue weighted by Crippen LogP contribution is -2.46. The van der Waals surface area contributed by atoms with Gasteiger partial charge in [-0.3, -0.25) is 9.69 Å². The molecule has 112 valence electrons. The third kappa shape index (κ3) is 4.32. The predicted molar refractivity (Wildman–Crippen MR) is 84.8 cm³/mol. The highest BCUT2D eigenvalue weighted by molar-refractivity contribution is 7.09. The number of hydrogen-bond acceptors (Lipinski definition) is 3. The molecule has 4 heteroatoms. The third-order valence-corrected chi connectivity index (χ3v) is 4.85. The van der Waals surface area contributed by atoms with Crippen LogP contribution in [0.15, 0.2) is 17.5 Å². The molecule has 1 fully saturated rings. The SMILES string of the molecule is CCN(CC(=O)N1CC(C)CC(C)C1)Cc1cccs1. The molecule has 0 aromatic carbocycles. The molecule has 0 bridgehead atoms. The van der Waals surface area contributed by atoms with Crippen LogP contribution in [-0.2, 0) is 11.3 Å². The fourth-order valence-electron chi connectivity index (χ4n) is 3.06. The Bertz CT molecular complexity index is 408. The number of carbonyl (C=O) groups excluding carboxylic acids is 1. The second-order valence-electron chi connectivity index (χ2n) is 6.13. The van der Waals surface area contributed by atoms with Gasteiger partial charge in [-0.1, -0.05) is 26.8 Å². The first-order valence-corrected chi connectivity index (χ1v) is 8.49. The van der Waals surface area contributed by atoms with Crippen molar-refractivity contribution in [1.82, 2.24) is 9.80 Å². The zero-order valence-corrected chi connectivity index (χ0v) is 13.7. The van der Waals surface area contributed by atoms with E-state index in [2.05, 4.69) is 48.1 Å². The lowest BCUT2D eigenvalue weighted by atomic mass is 9.92. The highest BCUT2D eigenvalue weighted by Gasteiger charge is 2.26. The van der Waals surface area contributed by atoms with Crippen molar-refractivity contribution in [2.45, 2.75) is 33.7 Å². The van der Waals surface area contributed by atoms with Gasteiger partial charge in [0.25, 0.3) is 0 Å². The topological polar surface area (TPSA) is 23.6 Å². The minimum absolute atomic E-state index is 0.293. The lowest BCUT2D eigenvalue weighted by molar-refractivity contribution is -0.135. The molecule has 1 aliphatic rings. The van der Waals surface area contributed by atoms with Crippen LogP contribution in [0.3, 0.4) is 0 Å². The van der Waals surface area contributed by atoms with Gasteiger partial charge in [0.15, 0.2) is 0 Å². The minimum Gasteiger partial charge on any atom is -0.341 e. The number of carbonyl (C=O) groups is 1. The highest BCUT2D eigenvalue weighted by Crippen LogP contribution is 2.21. The van der Waals surface area contributed by atoms with Gasteiger partial charge in [-0.05, 0) is 36.2 Å². The van der Waals surface area contributed by atoms with E-state index < -0.39 is 0 Å². The van der Waals surface area contributed by atoms with Gasteiger partial charge in [-0.25, -0.2) is 0 Å². The van der Waals surface area contributed by atoms with Crippen molar-refractivity contribution < 1.29 is 4.79 Å². The smallest absolute Gasteiger partial charge is 0.236 e. The molecule has 1 saturated heterocycles. The van der Waals surface area contributed by atoms with E-state index in [1.807, 2.05) is 0 Å². The van der Waals surface area contributed by atoms with Crippen molar-refractivity contribution in [2.75, 3.05) is 26.2 Å². The molecular weight excluding hydrogens is 268 g/mol. The van der Waals surface area contributed by atoms with E-state index in [1.54, 1.807) is 11.3 Å². The summed E-state index contributed by atoms with van der Waals surface area (Å²) in [5, 5.41) is 2.10. The van der Waals surface area contributed by atoms with Crippen LogP contribution in [0.2, 0.25) is 0 Å². The maximum Gasteiger partial charge on any atom is 0.236 e. The summed E-state index contributed by atoms with van der Waals surface area (Å²) in [5.41, 5.74) is 0. The molecule has 1 amide bonds. The maximum absolute atomic E-state index is 12.5. The largest absolute Gasteiger partial charge is 0.341 e. The van der Waals surface area contributed by atoms with Gasteiger partial charge in [0, 0.05) is 24.5 Å². The number of likely N-dealkylation sites (tertiary alicyclic amines) is 1. The lowest BCUT2D eigenvalue weighted by Gasteiger charge is -2.36. The van der Waals surface area contributed by atoms with E-state index in [4.69, 9.17) is 0 Å². The molecule has 1 aromatic rings. The molecule has 0 spiro atoms. The van der Waals surface area contributed by atoms with Crippen molar-refractivity contribution in [3.63, 3.8) is 0 Å². The summed E-state index contributed by atoms with van der Waals surface area (Å²) >= 11 is 1.76. The van der Waals surface area contributed by atoms with E-state index in [9.17, 15) is 4.79 Å². The quantitative estimate of drug-likeness (QED) is 0.833. The Morgan fingerprint density at radius 3 is 2.65 bits per heavy atom. The highest BCUT2D eigenvalue weighted by atomic mass is 32.1. The molecule has 0 N–H and O–H groups in total. The van der Waals surface area contributed by atoms with E-state index in [0.29, 0.717) is 24.3 Å². The monoisotopic (exact) mass is 294 g/mol. The number of amides is 1. The number of hydrogen-bond donors (Lipinski definition) is 0. The second-order valence-corrected chi connectivity index (χ2v) is 7.16. The van der Waals surface area contributed by atoms with Crippen LogP contribution in [0, 0.1) is 11.8 Å². The normalized spacial score (nSPS) is 23.3. The number of piperidine rings is 1. The van der Waals surface area contributed by atoms with Gasteiger partial charge < -0.3 is 4.90 Å². The first-order valence-electron chi connectivity index (χ1n) is 7.61. The number of rotatable bonds is 5. The molecule has 2 unspecified atom stereocenters. The summed E-state index contributed by atoms with van der Waals surface area (Å²) < 4.78 is 0. The molecule has 2 atom stereocenters. The van der Waals surface area contributed by atoms with Crippen LogP contribution in [-0.4, -0.2) is 41.9 Å². The van der Waals surface area contributed by atoms with Crippen molar-refractivity contribution in [1.29, 1.82) is 0 Å². The third-order valence-electron chi connectivity index (χ3n) is 3.99. The average molecular weight is 294 g/mol. The molecule has 1 aliphatic heterocycles. The Kier molecular flexibility index (Phi) is 5.61. The average Bonchev–Trinajstić information content (AvgIpc) is 2.89. The first-order chi connectivity index (χ1) is 9.58. The summed E-state index contributed by atoms with van der Waals surface area (Å²) in [7, 11) is 0. The Labute approximate surface area is 126 Å². The summed E-state index contributed by atoms with van der Waals surface area (Å²) in [6.45, 7) is 10.8.